The minimum atomic E-state index is -4.33. The molecule has 4 aromatic rings. The van der Waals surface area contributed by atoms with E-state index >= 15 is 0 Å². The molecule has 0 aliphatic rings. The van der Waals surface area contributed by atoms with Gasteiger partial charge < -0.3 is 10.2 Å². The van der Waals surface area contributed by atoms with Crippen molar-refractivity contribution in [3.8, 4) is 0 Å². The molecule has 0 aromatic heterocycles. The summed E-state index contributed by atoms with van der Waals surface area (Å²) in [5.41, 5.74) is 1.25. The van der Waals surface area contributed by atoms with Gasteiger partial charge in [0.15, 0.2) is 0 Å². The van der Waals surface area contributed by atoms with Crippen LogP contribution in [0.25, 0.3) is 0 Å². The maximum atomic E-state index is 14.6. The Morgan fingerprint density at radius 1 is 0.804 bits per heavy atom. The van der Waals surface area contributed by atoms with Crippen LogP contribution >= 0.6 is 46.4 Å². The largest absolute Gasteiger partial charge is 0.352 e. The number of benzene rings is 4. The lowest BCUT2D eigenvalue weighted by molar-refractivity contribution is -0.140. The second-order valence-electron chi connectivity index (χ2n) is 10.7. The van der Waals surface area contributed by atoms with Gasteiger partial charge in [-0.1, -0.05) is 108 Å². The lowest BCUT2D eigenvalue weighted by atomic mass is 10.0. The van der Waals surface area contributed by atoms with Crippen LogP contribution in [0.2, 0.25) is 20.1 Å². The van der Waals surface area contributed by atoms with E-state index in [0.29, 0.717) is 22.0 Å². The van der Waals surface area contributed by atoms with Crippen LogP contribution in [0.5, 0.6) is 0 Å². The predicted octanol–water partition coefficient (Wildman–Crippen LogP) is 8.05. The molecule has 0 aliphatic carbocycles. The average molecular weight is 722 g/mol. The number of amides is 2. The quantitative estimate of drug-likeness (QED) is 0.152. The van der Waals surface area contributed by atoms with E-state index in [-0.39, 0.29) is 39.6 Å². The minimum absolute atomic E-state index is 0.0239. The molecule has 46 heavy (non-hydrogen) atoms. The summed E-state index contributed by atoms with van der Waals surface area (Å²) in [6.45, 7) is 2.94. The van der Waals surface area contributed by atoms with E-state index in [4.69, 9.17) is 46.4 Å². The SMILES string of the molecule is CC[C@H](C)NC(=O)[C@@H](Cc1ccccc1)N(Cc1c(Cl)cccc1Cl)C(=O)CN(c1ccc(Cl)cc1Cl)S(=O)(=O)c1ccccc1. The Labute approximate surface area is 290 Å². The summed E-state index contributed by atoms with van der Waals surface area (Å²) in [6.07, 6.45) is 0.802. The highest BCUT2D eigenvalue weighted by atomic mass is 35.5. The number of hydrogen-bond donors (Lipinski definition) is 1. The summed E-state index contributed by atoms with van der Waals surface area (Å²) in [5, 5.41) is 3.89. The van der Waals surface area contributed by atoms with Gasteiger partial charge in [0.2, 0.25) is 11.8 Å². The second kappa shape index (κ2) is 16.0. The van der Waals surface area contributed by atoms with Crippen LogP contribution in [-0.2, 0) is 32.6 Å². The summed E-state index contributed by atoms with van der Waals surface area (Å²) >= 11 is 25.8. The fraction of sp³-hybridized carbons (Fsp3) is 0.235. The molecule has 0 fully saturated rings. The summed E-state index contributed by atoms with van der Waals surface area (Å²) < 4.78 is 29.2. The number of rotatable bonds is 13. The van der Waals surface area contributed by atoms with Gasteiger partial charge in [0, 0.05) is 39.6 Å². The number of nitrogens with zero attached hydrogens (tertiary/aromatic N) is 2. The van der Waals surface area contributed by atoms with Crippen molar-refractivity contribution in [2.24, 2.45) is 0 Å². The molecule has 0 unspecified atom stereocenters. The van der Waals surface area contributed by atoms with Crippen molar-refractivity contribution in [1.82, 2.24) is 10.2 Å². The molecule has 2 atom stereocenters. The summed E-state index contributed by atoms with van der Waals surface area (Å²) in [4.78, 5) is 29.8. The standard InChI is InChI=1S/C34H33Cl4N3O4S/c1-3-23(2)39-34(43)32(19-24-11-6-4-7-12-24)40(21-27-28(36)15-10-16-29(27)37)33(42)22-41(31-18-17-25(35)20-30(31)38)46(44,45)26-13-8-5-9-14-26/h4-18,20,23,32H,3,19,21-22H2,1-2H3,(H,39,43)/t23-,32+/m0/s1. The van der Waals surface area contributed by atoms with E-state index < -0.39 is 34.4 Å². The Morgan fingerprint density at radius 3 is 2.00 bits per heavy atom. The zero-order valence-corrected chi connectivity index (χ0v) is 29.0. The van der Waals surface area contributed by atoms with Crippen LogP contribution in [0, 0.1) is 0 Å². The molecule has 4 rings (SSSR count). The first kappa shape index (κ1) is 35.6. The fourth-order valence-corrected chi connectivity index (χ4v) is 7.30. The van der Waals surface area contributed by atoms with Crippen LogP contribution in [0.1, 0.15) is 31.4 Å². The molecule has 0 radical (unpaired) electrons. The predicted molar refractivity (Wildman–Crippen MR) is 186 cm³/mol. The Hall–Kier alpha value is -3.27. The average Bonchev–Trinajstić information content (AvgIpc) is 3.03. The highest BCUT2D eigenvalue weighted by Gasteiger charge is 2.36. The molecule has 2 amide bonds. The first-order valence-electron chi connectivity index (χ1n) is 14.5. The lowest BCUT2D eigenvalue weighted by Crippen LogP contribution is -2.54. The van der Waals surface area contributed by atoms with E-state index in [1.165, 1.54) is 35.2 Å². The van der Waals surface area contributed by atoms with Gasteiger partial charge >= 0.3 is 0 Å². The van der Waals surface area contributed by atoms with Crippen molar-refractivity contribution in [1.29, 1.82) is 0 Å². The number of nitrogens with one attached hydrogen (secondary N) is 1. The van der Waals surface area contributed by atoms with Gasteiger partial charge in [-0.05, 0) is 61.4 Å². The molecule has 7 nitrogen and oxygen atoms in total. The maximum Gasteiger partial charge on any atom is 0.264 e. The van der Waals surface area contributed by atoms with Gasteiger partial charge in [0.1, 0.15) is 12.6 Å². The number of carbonyl (C=O) groups is 2. The molecule has 0 spiro atoms. The molecule has 0 heterocycles. The van der Waals surface area contributed by atoms with E-state index in [1.807, 2.05) is 44.2 Å². The molecule has 0 bridgehead atoms. The molecule has 242 valence electrons. The van der Waals surface area contributed by atoms with Crippen molar-refractivity contribution in [2.75, 3.05) is 10.8 Å². The topological polar surface area (TPSA) is 86.8 Å². The third kappa shape index (κ3) is 8.75. The van der Waals surface area contributed by atoms with Crippen molar-refractivity contribution in [3.05, 3.63) is 128 Å². The highest BCUT2D eigenvalue weighted by molar-refractivity contribution is 7.92. The molecule has 12 heteroatoms. The molecular formula is C34H33Cl4N3O4S. The number of hydrogen-bond acceptors (Lipinski definition) is 4. The smallest absolute Gasteiger partial charge is 0.264 e. The summed E-state index contributed by atoms with van der Waals surface area (Å²) in [6, 6.07) is 25.0. The zero-order chi connectivity index (χ0) is 33.4. The second-order valence-corrected chi connectivity index (χ2v) is 14.2. The zero-order valence-electron chi connectivity index (χ0n) is 25.2. The number of anilines is 1. The van der Waals surface area contributed by atoms with Crippen molar-refractivity contribution < 1.29 is 18.0 Å². The van der Waals surface area contributed by atoms with E-state index in [0.717, 1.165) is 9.87 Å². The van der Waals surface area contributed by atoms with Crippen LogP contribution < -0.4 is 9.62 Å². The van der Waals surface area contributed by atoms with Crippen molar-refractivity contribution in [3.63, 3.8) is 0 Å². The van der Waals surface area contributed by atoms with Crippen molar-refractivity contribution in [2.45, 2.75) is 50.2 Å². The summed E-state index contributed by atoms with van der Waals surface area (Å²) in [7, 11) is -4.33. The highest BCUT2D eigenvalue weighted by Crippen LogP contribution is 2.34. The van der Waals surface area contributed by atoms with Crippen LogP contribution in [0.15, 0.2) is 102 Å². The van der Waals surface area contributed by atoms with E-state index in [9.17, 15) is 18.0 Å². The van der Waals surface area contributed by atoms with E-state index in [1.54, 1.807) is 36.4 Å². The Kier molecular flexibility index (Phi) is 12.4. The van der Waals surface area contributed by atoms with Gasteiger partial charge in [-0.25, -0.2) is 8.42 Å². The van der Waals surface area contributed by atoms with E-state index in [2.05, 4.69) is 5.32 Å². The Balaban J connectivity index is 1.86. The Morgan fingerprint density at radius 2 is 1.41 bits per heavy atom. The van der Waals surface area contributed by atoms with Gasteiger partial charge in [-0.3, -0.25) is 13.9 Å². The van der Waals surface area contributed by atoms with Crippen LogP contribution in [0.3, 0.4) is 0 Å². The van der Waals surface area contributed by atoms with Gasteiger partial charge in [-0.15, -0.1) is 0 Å². The number of halogens is 4. The molecule has 0 aliphatic heterocycles. The van der Waals surface area contributed by atoms with Gasteiger partial charge in [-0.2, -0.15) is 0 Å². The molecule has 1 N–H and O–H groups in total. The maximum absolute atomic E-state index is 14.6. The van der Waals surface area contributed by atoms with Gasteiger partial charge in [0.25, 0.3) is 10.0 Å². The number of carbonyl (C=O) groups excluding carboxylic acids is 2. The molecule has 0 saturated heterocycles. The monoisotopic (exact) mass is 719 g/mol. The fourth-order valence-electron chi connectivity index (χ4n) is 4.77. The molecular weight excluding hydrogens is 688 g/mol. The van der Waals surface area contributed by atoms with Gasteiger partial charge in [0.05, 0.1) is 15.6 Å². The summed E-state index contributed by atoms with van der Waals surface area (Å²) in [5.74, 6) is -1.08. The normalized spacial score (nSPS) is 12.7. The molecule has 4 aromatic carbocycles. The third-order valence-electron chi connectivity index (χ3n) is 7.45. The molecule has 0 saturated carbocycles. The Bertz CT molecular complexity index is 1760. The third-order valence-corrected chi connectivity index (χ3v) is 10.5. The minimum Gasteiger partial charge on any atom is -0.352 e. The van der Waals surface area contributed by atoms with Crippen LogP contribution in [-0.4, -0.2) is 43.8 Å². The number of sulfonamides is 1. The lowest BCUT2D eigenvalue weighted by Gasteiger charge is -2.34. The van der Waals surface area contributed by atoms with Crippen LogP contribution in [0.4, 0.5) is 5.69 Å². The van der Waals surface area contributed by atoms with Crippen molar-refractivity contribution >= 4 is 73.9 Å². The first-order chi connectivity index (χ1) is 21.9. The first-order valence-corrected chi connectivity index (χ1v) is 17.5.